The minimum atomic E-state index is -4.45. The van der Waals surface area contributed by atoms with E-state index in [4.69, 9.17) is 19.5 Å². The topological polar surface area (TPSA) is 53.7 Å². The van der Waals surface area contributed by atoms with Crippen molar-refractivity contribution in [3.63, 3.8) is 0 Å². The average molecular weight is 544 g/mol. The van der Waals surface area contributed by atoms with E-state index >= 15 is 0 Å². The van der Waals surface area contributed by atoms with Crippen LogP contribution in [0.5, 0.6) is 5.75 Å². The SMILES string of the molecule is CC1(C)OB(c2c(-c3ccc(C(F)(F)F)cc3)c(N)c3ccccc3c2O[Si](C)(C)C(C)(C)C)OC1(C)C. The highest BCUT2D eigenvalue weighted by Crippen LogP contribution is 2.45. The van der Waals surface area contributed by atoms with Gasteiger partial charge >= 0.3 is 13.3 Å². The smallest absolute Gasteiger partial charge is 0.499 e. The zero-order valence-electron chi connectivity index (χ0n) is 23.6. The maximum Gasteiger partial charge on any atom is 0.499 e. The van der Waals surface area contributed by atoms with Crippen molar-refractivity contribution in [3.8, 4) is 16.9 Å². The quantitative estimate of drug-likeness (QED) is 0.270. The van der Waals surface area contributed by atoms with Crippen molar-refractivity contribution in [2.45, 2.75) is 84.0 Å². The van der Waals surface area contributed by atoms with Gasteiger partial charge < -0.3 is 19.5 Å². The van der Waals surface area contributed by atoms with Gasteiger partial charge in [-0.2, -0.15) is 13.2 Å². The Morgan fingerprint density at radius 3 is 1.82 bits per heavy atom. The Hall–Kier alpha value is -2.49. The van der Waals surface area contributed by atoms with Crippen LogP contribution >= 0.6 is 0 Å². The van der Waals surface area contributed by atoms with Crippen molar-refractivity contribution >= 4 is 37.4 Å². The molecule has 2 N–H and O–H groups in total. The minimum Gasteiger partial charge on any atom is -0.543 e. The molecule has 0 unspecified atom stereocenters. The van der Waals surface area contributed by atoms with Crippen LogP contribution in [0.3, 0.4) is 0 Å². The third-order valence-electron chi connectivity index (χ3n) is 8.40. The van der Waals surface area contributed by atoms with Gasteiger partial charge in [0, 0.05) is 27.5 Å². The second-order valence-electron chi connectivity index (χ2n) is 12.6. The van der Waals surface area contributed by atoms with Gasteiger partial charge in [0.25, 0.3) is 0 Å². The molecule has 0 spiro atoms. The fourth-order valence-corrected chi connectivity index (χ4v) is 5.33. The first-order valence-electron chi connectivity index (χ1n) is 12.8. The van der Waals surface area contributed by atoms with Crippen LogP contribution in [-0.2, 0) is 15.5 Å². The van der Waals surface area contributed by atoms with E-state index in [1.54, 1.807) is 0 Å². The van der Waals surface area contributed by atoms with Gasteiger partial charge in [0.1, 0.15) is 5.75 Å². The second-order valence-corrected chi connectivity index (χ2v) is 17.3. The number of nitrogens with two attached hydrogens (primary N) is 1. The first-order chi connectivity index (χ1) is 17.3. The molecule has 1 saturated heterocycles. The molecule has 38 heavy (non-hydrogen) atoms. The standard InChI is InChI=1S/C29H37BF3NO3Si/c1-26(2,3)38(8,9)35-25-21-13-11-10-12-20(21)24(34)22(18-14-16-19(17-15-18)29(31,32)33)23(25)30-36-27(4,5)28(6,7)37-30/h10-17H,34H2,1-9H3. The largest absolute Gasteiger partial charge is 0.543 e. The molecule has 0 aromatic heterocycles. The minimum absolute atomic E-state index is 0.114. The lowest BCUT2D eigenvalue weighted by molar-refractivity contribution is -0.137. The molecule has 4 nitrogen and oxygen atoms in total. The highest BCUT2D eigenvalue weighted by atomic mass is 28.4. The molecule has 1 aliphatic heterocycles. The lowest BCUT2D eigenvalue weighted by Crippen LogP contribution is -2.47. The molecule has 0 amide bonds. The van der Waals surface area contributed by atoms with Crippen LogP contribution in [0.1, 0.15) is 54.0 Å². The van der Waals surface area contributed by atoms with E-state index in [2.05, 4.69) is 33.9 Å². The van der Waals surface area contributed by atoms with Crippen LogP contribution in [0.2, 0.25) is 18.1 Å². The van der Waals surface area contributed by atoms with E-state index < -0.39 is 38.4 Å². The first-order valence-corrected chi connectivity index (χ1v) is 15.7. The van der Waals surface area contributed by atoms with Gasteiger partial charge in [0.05, 0.1) is 16.8 Å². The number of benzene rings is 3. The zero-order valence-corrected chi connectivity index (χ0v) is 24.6. The van der Waals surface area contributed by atoms with Gasteiger partial charge in [-0.05, 0) is 63.5 Å². The maximum absolute atomic E-state index is 13.4. The van der Waals surface area contributed by atoms with Crippen molar-refractivity contribution in [2.75, 3.05) is 5.73 Å². The molecule has 4 rings (SSSR count). The number of hydrogen-bond donors (Lipinski definition) is 1. The van der Waals surface area contributed by atoms with Crippen molar-refractivity contribution < 1.29 is 26.9 Å². The molecule has 1 fully saturated rings. The van der Waals surface area contributed by atoms with Crippen LogP contribution in [0, 0.1) is 0 Å². The highest BCUT2D eigenvalue weighted by molar-refractivity contribution is 6.75. The Bertz CT molecular complexity index is 1350. The number of nitrogen functional groups attached to an aromatic ring is 1. The lowest BCUT2D eigenvalue weighted by atomic mass is 9.71. The average Bonchev–Trinajstić information content (AvgIpc) is 3.00. The van der Waals surface area contributed by atoms with Crippen molar-refractivity contribution in [1.29, 1.82) is 0 Å². The fourth-order valence-electron chi connectivity index (χ4n) is 4.30. The van der Waals surface area contributed by atoms with Gasteiger partial charge in [0.15, 0.2) is 0 Å². The Morgan fingerprint density at radius 2 is 1.34 bits per heavy atom. The zero-order chi connectivity index (χ0) is 28.5. The summed E-state index contributed by atoms with van der Waals surface area (Å²) in [6.45, 7) is 18.6. The summed E-state index contributed by atoms with van der Waals surface area (Å²) < 4.78 is 60.2. The van der Waals surface area contributed by atoms with Crippen molar-refractivity contribution in [3.05, 3.63) is 54.1 Å². The highest BCUT2D eigenvalue weighted by Gasteiger charge is 2.54. The molecule has 0 radical (unpaired) electrons. The molecule has 3 aromatic rings. The number of hydrogen-bond acceptors (Lipinski definition) is 4. The Kier molecular flexibility index (Phi) is 6.78. The van der Waals surface area contributed by atoms with E-state index in [9.17, 15) is 13.2 Å². The molecule has 0 saturated carbocycles. The van der Waals surface area contributed by atoms with Crippen LogP contribution in [-0.4, -0.2) is 26.6 Å². The number of fused-ring (bicyclic) bond motifs is 1. The monoisotopic (exact) mass is 543 g/mol. The van der Waals surface area contributed by atoms with E-state index in [1.165, 1.54) is 12.1 Å². The normalized spacial score (nSPS) is 17.7. The molecule has 0 bridgehead atoms. The number of alkyl halides is 3. The first kappa shape index (κ1) is 28.5. The van der Waals surface area contributed by atoms with E-state index in [-0.39, 0.29) is 5.04 Å². The van der Waals surface area contributed by atoms with E-state index in [0.29, 0.717) is 28.0 Å². The summed E-state index contributed by atoms with van der Waals surface area (Å²) in [6, 6.07) is 12.7. The van der Waals surface area contributed by atoms with Crippen molar-refractivity contribution in [1.82, 2.24) is 0 Å². The summed E-state index contributed by atoms with van der Waals surface area (Å²) in [4.78, 5) is 0. The van der Waals surface area contributed by atoms with Crippen LogP contribution in [0.4, 0.5) is 18.9 Å². The van der Waals surface area contributed by atoms with Crippen LogP contribution < -0.4 is 15.6 Å². The van der Waals surface area contributed by atoms with E-state index in [0.717, 1.165) is 22.9 Å². The third-order valence-corrected chi connectivity index (χ3v) is 12.7. The van der Waals surface area contributed by atoms with E-state index in [1.807, 2.05) is 52.0 Å². The molecule has 0 atom stereocenters. The summed E-state index contributed by atoms with van der Waals surface area (Å²) in [6.07, 6.45) is -4.45. The fraction of sp³-hybridized carbons (Fsp3) is 0.448. The molecular weight excluding hydrogens is 506 g/mol. The third kappa shape index (κ3) is 4.84. The molecule has 3 aromatic carbocycles. The number of rotatable bonds is 4. The molecule has 204 valence electrons. The summed E-state index contributed by atoms with van der Waals surface area (Å²) in [7, 11) is -3.24. The maximum atomic E-state index is 13.4. The Balaban J connectivity index is 2.09. The van der Waals surface area contributed by atoms with Crippen molar-refractivity contribution in [2.24, 2.45) is 0 Å². The lowest BCUT2D eigenvalue weighted by Gasteiger charge is -2.38. The summed E-state index contributed by atoms with van der Waals surface area (Å²) in [5, 5.41) is 1.46. The predicted octanol–water partition coefficient (Wildman–Crippen LogP) is 7.79. The summed E-state index contributed by atoms with van der Waals surface area (Å²) >= 11 is 0. The second kappa shape index (κ2) is 9.03. The van der Waals surface area contributed by atoms with Gasteiger partial charge in [-0.1, -0.05) is 57.2 Å². The Labute approximate surface area is 224 Å². The van der Waals surface area contributed by atoms with Crippen LogP contribution in [0.15, 0.2) is 48.5 Å². The van der Waals surface area contributed by atoms with Crippen LogP contribution in [0.25, 0.3) is 21.9 Å². The van der Waals surface area contributed by atoms with Gasteiger partial charge in [-0.25, -0.2) is 0 Å². The predicted molar refractivity (Wildman–Crippen MR) is 152 cm³/mol. The molecule has 1 aliphatic rings. The molecule has 1 heterocycles. The summed E-state index contributed by atoms with van der Waals surface area (Å²) in [5.74, 6) is 0.606. The van der Waals surface area contributed by atoms with Gasteiger partial charge in [-0.3, -0.25) is 0 Å². The molecule has 9 heteroatoms. The molecule has 0 aliphatic carbocycles. The number of halogens is 3. The van der Waals surface area contributed by atoms with Gasteiger partial charge in [-0.15, -0.1) is 0 Å². The summed E-state index contributed by atoms with van der Waals surface area (Å²) in [5.41, 5.74) is 6.93. The molecular formula is C29H37BF3NO3Si. The van der Waals surface area contributed by atoms with Gasteiger partial charge in [0.2, 0.25) is 8.32 Å². The number of anilines is 1. The Morgan fingerprint density at radius 1 is 0.842 bits per heavy atom.